The molecule has 1 atom stereocenters. The van der Waals surface area contributed by atoms with E-state index < -0.39 is 17.7 Å². The molecule has 6 heteroatoms. The Morgan fingerprint density at radius 2 is 2.10 bits per heavy atom. The highest BCUT2D eigenvalue weighted by molar-refractivity contribution is 5.97. The first kappa shape index (κ1) is 19.5. The number of hydrogen-bond donors (Lipinski definition) is 2. The maximum atomic E-state index is 12.2. The maximum absolute atomic E-state index is 12.2. The van der Waals surface area contributed by atoms with Crippen molar-refractivity contribution in [3.8, 4) is 16.9 Å². The molecule has 1 aromatic carbocycles. The van der Waals surface area contributed by atoms with Gasteiger partial charge in [0.15, 0.2) is 6.10 Å². The summed E-state index contributed by atoms with van der Waals surface area (Å²) in [6.07, 6.45) is 2.62. The van der Waals surface area contributed by atoms with Crippen molar-refractivity contribution in [2.45, 2.75) is 52.2 Å². The molecule has 0 spiro atoms. The first-order valence-electron chi connectivity index (χ1n) is 9.89. The maximum Gasteiger partial charge on any atom is 0.337 e. The topological polar surface area (TPSA) is 84.4 Å². The third-order valence-electron chi connectivity index (χ3n) is 5.09. The van der Waals surface area contributed by atoms with Crippen LogP contribution in [0.2, 0.25) is 0 Å². The van der Waals surface area contributed by atoms with Crippen LogP contribution in [0, 0.1) is 6.92 Å². The van der Waals surface area contributed by atoms with E-state index in [0.29, 0.717) is 11.3 Å². The minimum absolute atomic E-state index is 0.594. The highest BCUT2D eigenvalue weighted by atomic mass is 16.5. The van der Waals surface area contributed by atoms with Gasteiger partial charge in [0.05, 0.1) is 12.2 Å². The van der Waals surface area contributed by atoms with Crippen molar-refractivity contribution in [1.29, 1.82) is 0 Å². The monoisotopic (exact) mass is 394 g/mol. The van der Waals surface area contributed by atoms with Gasteiger partial charge in [-0.25, -0.2) is 9.78 Å². The van der Waals surface area contributed by atoms with Gasteiger partial charge in [-0.3, -0.25) is 0 Å². The fourth-order valence-electron chi connectivity index (χ4n) is 3.94. The van der Waals surface area contributed by atoms with Crippen LogP contribution in [0.4, 0.5) is 0 Å². The summed E-state index contributed by atoms with van der Waals surface area (Å²) in [5, 5.41) is 10.9. The molecule has 29 heavy (non-hydrogen) atoms. The van der Waals surface area contributed by atoms with Gasteiger partial charge in [0.25, 0.3) is 0 Å². The average Bonchev–Trinajstić information content (AvgIpc) is 3.12. The van der Waals surface area contributed by atoms with Crippen molar-refractivity contribution in [3.63, 3.8) is 0 Å². The zero-order valence-electron chi connectivity index (χ0n) is 17.2. The second-order valence-corrected chi connectivity index (χ2v) is 8.45. The number of aromatic amines is 1. The van der Waals surface area contributed by atoms with Crippen molar-refractivity contribution in [1.82, 2.24) is 9.97 Å². The van der Waals surface area contributed by atoms with Crippen LogP contribution in [-0.2, 0) is 16.0 Å². The van der Waals surface area contributed by atoms with Gasteiger partial charge >= 0.3 is 5.97 Å². The number of fused-ring (bicyclic) bond motifs is 2. The predicted octanol–water partition coefficient (Wildman–Crippen LogP) is 4.80. The third-order valence-corrected chi connectivity index (χ3v) is 5.09. The van der Waals surface area contributed by atoms with E-state index >= 15 is 0 Å². The summed E-state index contributed by atoms with van der Waals surface area (Å²) in [5.41, 5.74) is 4.28. The number of nitrogens with zero attached hydrogens (tertiary/aromatic N) is 1. The van der Waals surface area contributed by atoms with Crippen LogP contribution in [0.1, 0.15) is 50.1 Å². The van der Waals surface area contributed by atoms with E-state index in [0.717, 1.165) is 52.9 Å². The number of pyridine rings is 1. The first-order valence-corrected chi connectivity index (χ1v) is 9.89. The number of H-pyrrole nitrogens is 1. The zero-order chi connectivity index (χ0) is 20.8. The van der Waals surface area contributed by atoms with Crippen molar-refractivity contribution in [3.05, 3.63) is 47.3 Å². The number of aliphatic carboxylic acids is 1. The summed E-state index contributed by atoms with van der Waals surface area (Å²) < 4.78 is 11.7. The van der Waals surface area contributed by atoms with Gasteiger partial charge in [-0.05, 0) is 69.9 Å². The Labute approximate surface area is 169 Å². The lowest BCUT2D eigenvalue weighted by Crippen LogP contribution is -2.28. The molecule has 0 bridgehead atoms. The lowest BCUT2D eigenvalue weighted by molar-refractivity contribution is -0.160. The second-order valence-electron chi connectivity index (χ2n) is 8.45. The molecule has 152 valence electrons. The number of nitrogens with one attached hydrogen (secondary N) is 1. The summed E-state index contributed by atoms with van der Waals surface area (Å²) in [4.78, 5) is 20.0. The van der Waals surface area contributed by atoms with Crippen LogP contribution in [-0.4, -0.2) is 33.3 Å². The molecule has 1 aliphatic heterocycles. The SMILES string of the molecule is Cc1nc2[nH]ccc2c(-c2ccc3c(c2)CCCO3)c1C(OC(C)(C)C)C(=O)O. The Bertz CT molecular complexity index is 1080. The molecule has 0 fully saturated rings. The highest BCUT2D eigenvalue weighted by Crippen LogP contribution is 2.40. The Morgan fingerprint density at radius 1 is 1.31 bits per heavy atom. The number of carboxylic acids is 1. The molecule has 1 aliphatic rings. The van der Waals surface area contributed by atoms with Gasteiger partial charge < -0.3 is 19.6 Å². The van der Waals surface area contributed by atoms with Gasteiger partial charge in [-0.2, -0.15) is 0 Å². The van der Waals surface area contributed by atoms with Crippen LogP contribution >= 0.6 is 0 Å². The van der Waals surface area contributed by atoms with Crippen molar-refractivity contribution in [2.24, 2.45) is 0 Å². The van der Waals surface area contributed by atoms with E-state index in [1.54, 1.807) is 0 Å². The molecule has 0 aliphatic carbocycles. The van der Waals surface area contributed by atoms with Gasteiger partial charge in [0.1, 0.15) is 11.4 Å². The van der Waals surface area contributed by atoms with E-state index in [1.165, 1.54) is 0 Å². The minimum atomic E-state index is -1.12. The van der Waals surface area contributed by atoms with Gasteiger partial charge in [0, 0.05) is 28.4 Å². The summed E-state index contributed by atoms with van der Waals surface area (Å²) in [5.74, 6) is -0.124. The Kier molecular flexibility index (Phi) is 4.82. The number of benzene rings is 1. The van der Waals surface area contributed by atoms with E-state index in [2.05, 4.69) is 16.0 Å². The largest absolute Gasteiger partial charge is 0.493 e. The standard InChI is InChI=1S/C23H26N2O4/c1-13-18(20(22(26)27)29-23(2,3)4)19(16-9-10-24-21(16)25-13)15-7-8-17-14(12-15)6-5-11-28-17/h7-10,12,20H,5-6,11H2,1-4H3,(H,24,25)(H,26,27). The lowest BCUT2D eigenvalue weighted by Gasteiger charge is -2.28. The van der Waals surface area contributed by atoms with Crippen molar-refractivity contribution in [2.75, 3.05) is 6.61 Å². The summed E-state index contributed by atoms with van der Waals surface area (Å²) in [6.45, 7) is 8.14. The van der Waals surface area contributed by atoms with Crippen LogP contribution in [0.5, 0.6) is 5.75 Å². The molecule has 0 amide bonds. The normalized spacial score (nSPS) is 15.0. The van der Waals surface area contributed by atoms with Crippen LogP contribution < -0.4 is 4.74 Å². The number of ether oxygens (including phenoxy) is 2. The Morgan fingerprint density at radius 3 is 2.83 bits per heavy atom. The van der Waals surface area contributed by atoms with Crippen LogP contribution in [0.15, 0.2) is 30.5 Å². The Balaban J connectivity index is 1.98. The molecule has 0 saturated carbocycles. The number of hydrogen-bond acceptors (Lipinski definition) is 4. The molecule has 4 rings (SSSR count). The molecule has 6 nitrogen and oxygen atoms in total. The fourth-order valence-corrected chi connectivity index (χ4v) is 3.94. The third kappa shape index (κ3) is 3.72. The van der Waals surface area contributed by atoms with Crippen LogP contribution in [0.25, 0.3) is 22.2 Å². The number of aryl methyl sites for hydroxylation is 2. The molecule has 2 N–H and O–H groups in total. The van der Waals surface area contributed by atoms with Gasteiger partial charge in [-0.15, -0.1) is 0 Å². The first-order chi connectivity index (χ1) is 13.7. The smallest absolute Gasteiger partial charge is 0.337 e. The van der Waals surface area contributed by atoms with Crippen molar-refractivity contribution >= 4 is 17.0 Å². The molecule has 0 saturated heterocycles. The highest BCUT2D eigenvalue weighted by Gasteiger charge is 2.32. The number of carbonyl (C=O) groups is 1. The van der Waals surface area contributed by atoms with Gasteiger partial charge in [0.2, 0.25) is 0 Å². The zero-order valence-corrected chi connectivity index (χ0v) is 17.2. The number of aromatic nitrogens is 2. The Hall–Kier alpha value is -2.86. The van der Waals surface area contributed by atoms with Crippen molar-refractivity contribution < 1.29 is 19.4 Å². The number of rotatable bonds is 4. The molecular weight excluding hydrogens is 368 g/mol. The predicted molar refractivity (Wildman–Crippen MR) is 111 cm³/mol. The fraction of sp³-hybridized carbons (Fsp3) is 0.391. The summed E-state index contributed by atoms with van der Waals surface area (Å²) >= 11 is 0. The average molecular weight is 394 g/mol. The molecule has 3 heterocycles. The molecule has 3 aromatic rings. The lowest BCUT2D eigenvalue weighted by atomic mass is 9.90. The molecule has 0 radical (unpaired) electrons. The summed E-state index contributed by atoms with van der Waals surface area (Å²) in [6, 6.07) is 8.01. The van der Waals surface area contributed by atoms with E-state index in [4.69, 9.17) is 9.47 Å². The van der Waals surface area contributed by atoms with Gasteiger partial charge in [-0.1, -0.05) is 6.07 Å². The number of carboxylic acid groups (broad SMARTS) is 1. The molecule has 1 unspecified atom stereocenters. The van der Waals surface area contributed by atoms with Crippen LogP contribution in [0.3, 0.4) is 0 Å². The quantitative estimate of drug-likeness (QED) is 0.664. The molecule has 2 aromatic heterocycles. The minimum Gasteiger partial charge on any atom is -0.493 e. The second kappa shape index (κ2) is 7.19. The van der Waals surface area contributed by atoms with E-state index in [1.807, 2.05) is 52.1 Å². The summed E-state index contributed by atoms with van der Waals surface area (Å²) in [7, 11) is 0. The molecular formula is C23H26N2O4. The van der Waals surface area contributed by atoms with E-state index in [9.17, 15) is 9.90 Å². The van der Waals surface area contributed by atoms with E-state index in [-0.39, 0.29) is 0 Å².